The maximum atomic E-state index is 12.3. The highest BCUT2D eigenvalue weighted by atomic mass is 16.2. The van der Waals surface area contributed by atoms with E-state index in [1.165, 1.54) is 23.7 Å². The third-order valence-corrected chi connectivity index (χ3v) is 4.36. The van der Waals surface area contributed by atoms with Crippen molar-refractivity contribution in [2.75, 3.05) is 5.32 Å². The number of aromatic nitrogens is 1. The first-order valence-electron chi connectivity index (χ1n) is 8.77. The number of aryl methyl sites for hydroxylation is 1. The molecule has 2 aromatic rings. The van der Waals surface area contributed by atoms with Crippen LogP contribution in [0.1, 0.15) is 47.7 Å². The molecule has 0 bridgehead atoms. The van der Waals surface area contributed by atoms with Crippen LogP contribution in [0.5, 0.6) is 0 Å². The molecule has 0 saturated carbocycles. The molecule has 0 spiro atoms. The van der Waals surface area contributed by atoms with Crippen LogP contribution in [0, 0.1) is 0 Å². The molecule has 2 N–H and O–H groups in total. The van der Waals surface area contributed by atoms with Gasteiger partial charge in [-0.2, -0.15) is 5.10 Å². The fraction of sp³-hybridized carbons (Fsp3) is 0.300. The van der Waals surface area contributed by atoms with Crippen LogP contribution in [0.4, 0.5) is 5.69 Å². The molecule has 1 aliphatic rings. The number of carbonyl (C=O) groups excluding carboxylic acids is 2. The van der Waals surface area contributed by atoms with Gasteiger partial charge >= 0.3 is 0 Å². The predicted octanol–water partition coefficient (Wildman–Crippen LogP) is 3.09. The minimum Gasteiger partial charge on any atom is -0.325 e. The van der Waals surface area contributed by atoms with Crippen LogP contribution in [0.25, 0.3) is 0 Å². The van der Waals surface area contributed by atoms with Gasteiger partial charge < -0.3 is 5.32 Å². The zero-order valence-electron chi connectivity index (χ0n) is 14.8. The number of pyridine rings is 1. The number of anilines is 1. The smallest absolute Gasteiger partial charge is 0.272 e. The van der Waals surface area contributed by atoms with Crippen LogP contribution < -0.4 is 10.7 Å². The maximum absolute atomic E-state index is 12.3. The molecule has 0 saturated heterocycles. The van der Waals surface area contributed by atoms with E-state index < -0.39 is 0 Å². The summed E-state index contributed by atoms with van der Waals surface area (Å²) >= 11 is 0. The van der Waals surface area contributed by atoms with Crippen LogP contribution in [0.3, 0.4) is 0 Å². The van der Waals surface area contributed by atoms with Crippen molar-refractivity contribution in [3.05, 3.63) is 59.4 Å². The number of amides is 2. The molecule has 2 amide bonds. The number of nitrogens with one attached hydrogen (secondary N) is 2. The van der Waals surface area contributed by atoms with E-state index in [1.807, 2.05) is 12.1 Å². The Morgan fingerprint density at radius 3 is 2.81 bits per heavy atom. The van der Waals surface area contributed by atoms with E-state index in [4.69, 9.17) is 0 Å². The molecular weight excluding hydrogens is 328 g/mol. The van der Waals surface area contributed by atoms with E-state index in [-0.39, 0.29) is 18.2 Å². The van der Waals surface area contributed by atoms with Gasteiger partial charge in [-0.25, -0.2) is 5.43 Å². The lowest BCUT2D eigenvalue weighted by atomic mass is 9.90. The van der Waals surface area contributed by atoms with Gasteiger partial charge in [0.25, 0.3) is 5.91 Å². The third kappa shape index (κ3) is 4.53. The number of nitrogens with zero attached hydrogens (tertiary/aromatic N) is 2. The Balaban J connectivity index is 1.57. The van der Waals surface area contributed by atoms with Crippen LogP contribution in [-0.4, -0.2) is 22.5 Å². The molecule has 3 rings (SSSR count). The molecule has 1 aromatic heterocycles. The van der Waals surface area contributed by atoms with Crippen molar-refractivity contribution in [2.45, 2.75) is 39.0 Å². The second-order valence-electron chi connectivity index (χ2n) is 6.41. The molecule has 1 heterocycles. The number of fused-ring (bicyclic) bond motifs is 1. The number of rotatable bonds is 5. The highest BCUT2D eigenvalue weighted by molar-refractivity contribution is 6.06. The molecule has 26 heavy (non-hydrogen) atoms. The van der Waals surface area contributed by atoms with Crippen molar-refractivity contribution in [1.29, 1.82) is 0 Å². The van der Waals surface area contributed by atoms with Gasteiger partial charge in [-0.1, -0.05) is 12.1 Å². The lowest BCUT2D eigenvalue weighted by molar-refractivity contribution is -0.115. The van der Waals surface area contributed by atoms with Gasteiger partial charge in [-0.15, -0.1) is 0 Å². The topological polar surface area (TPSA) is 83.5 Å². The normalized spacial score (nSPS) is 13.7. The summed E-state index contributed by atoms with van der Waals surface area (Å²) in [6.45, 7) is 1.71. The minimum atomic E-state index is -0.352. The molecule has 6 nitrogen and oxygen atoms in total. The molecule has 1 aromatic carbocycles. The number of benzene rings is 1. The Morgan fingerprint density at radius 2 is 2.00 bits per heavy atom. The fourth-order valence-electron chi connectivity index (χ4n) is 3.07. The van der Waals surface area contributed by atoms with Crippen LogP contribution in [-0.2, 0) is 17.6 Å². The van der Waals surface area contributed by atoms with Gasteiger partial charge in [0.15, 0.2) is 0 Å². The van der Waals surface area contributed by atoms with E-state index in [0.717, 1.165) is 24.9 Å². The highest BCUT2D eigenvalue weighted by Crippen LogP contribution is 2.27. The van der Waals surface area contributed by atoms with Crippen LogP contribution in [0.2, 0.25) is 0 Å². The summed E-state index contributed by atoms with van der Waals surface area (Å²) in [4.78, 5) is 28.1. The zero-order chi connectivity index (χ0) is 18.4. The SMILES string of the molecule is C/C(CC(=O)Nc1cccc2c1CCCC2)=N\NC(=O)c1cccnc1. The highest BCUT2D eigenvalue weighted by Gasteiger charge is 2.15. The van der Waals surface area contributed by atoms with E-state index in [0.29, 0.717) is 11.3 Å². The molecule has 0 fully saturated rings. The van der Waals surface area contributed by atoms with E-state index in [1.54, 1.807) is 25.3 Å². The summed E-state index contributed by atoms with van der Waals surface area (Å²) in [6.07, 6.45) is 7.61. The summed E-state index contributed by atoms with van der Waals surface area (Å²) in [5.74, 6) is -0.490. The van der Waals surface area contributed by atoms with Crippen molar-refractivity contribution in [1.82, 2.24) is 10.4 Å². The van der Waals surface area contributed by atoms with E-state index >= 15 is 0 Å². The number of hydrazone groups is 1. The largest absolute Gasteiger partial charge is 0.325 e. The summed E-state index contributed by atoms with van der Waals surface area (Å²) in [5, 5.41) is 6.98. The maximum Gasteiger partial charge on any atom is 0.272 e. The standard InChI is InChI=1S/C20H22N4O2/c1-14(23-24-20(26)16-8-5-11-21-13-16)12-19(25)22-18-10-4-7-15-6-2-3-9-17(15)18/h4-5,7-8,10-11,13H,2-3,6,9,12H2,1H3,(H,22,25)(H,24,26)/b23-14+. The van der Waals surface area contributed by atoms with Crippen molar-refractivity contribution in [2.24, 2.45) is 5.10 Å². The molecule has 0 aliphatic heterocycles. The third-order valence-electron chi connectivity index (χ3n) is 4.36. The Bertz CT molecular complexity index is 831. The van der Waals surface area contributed by atoms with Gasteiger partial charge in [-0.3, -0.25) is 14.6 Å². The first kappa shape index (κ1) is 17.8. The fourth-order valence-corrected chi connectivity index (χ4v) is 3.07. The summed E-state index contributed by atoms with van der Waals surface area (Å²) < 4.78 is 0. The van der Waals surface area contributed by atoms with Crippen LogP contribution >= 0.6 is 0 Å². The average Bonchev–Trinajstić information content (AvgIpc) is 2.67. The predicted molar refractivity (Wildman–Crippen MR) is 101 cm³/mol. The Kier molecular flexibility index (Phi) is 5.73. The quantitative estimate of drug-likeness (QED) is 0.642. The molecular formula is C20H22N4O2. The summed E-state index contributed by atoms with van der Waals surface area (Å²) in [7, 11) is 0. The second-order valence-corrected chi connectivity index (χ2v) is 6.41. The van der Waals surface area contributed by atoms with Gasteiger partial charge in [0.1, 0.15) is 0 Å². The average molecular weight is 350 g/mol. The first-order valence-corrected chi connectivity index (χ1v) is 8.77. The van der Waals surface area contributed by atoms with E-state index in [9.17, 15) is 9.59 Å². The van der Waals surface area contributed by atoms with Crippen molar-refractivity contribution in [3.63, 3.8) is 0 Å². The van der Waals surface area contributed by atoms with Crippen molar-refractivity contribution in [3.8, 4) is 0 Å². The van der Waals surface area contributed by atoms with E-state index in [2.05, 4.69) is 26.9 Å². The summed E-state index contributed by atoms with van der Waals surface area (Å²) in [5.41, 5.74) is 6.85. The molecule has 134 valence electrons. The van der Waals surface area contributed by atoms with Crippen molar-refractivity contribution >= 4 is 23.2 Å². The number of hydrogen-bond donors (Lipinski definition) is 2. The number of carbonyl (C=O) groups is 2. The first-order chi connectivity index (χ1) is 12.6. The zero-order valence-corrected chi connectivity index (χ0v) is 14.8. The lowest BCUT2D eigenvalue weighted by Crippen LogP contribution is -2.22. The Labute approximate surface area is 152 Å². The molecule has 1 aliphatic carbocycles. The monoisotopic (exact) mass is 350 g/mol. The Hall–Kier alpha value is -3.02. The number of hydrogen-bond acceptors (Lipinski definition) is 4. The molecule has 0 radical (unpaired) electrons. The van der Waals surface area contributed by atoms with Crippen molar-refractivity contribution < 1.29 is 9.59 Å². The Morgan fingerprint density at radius 1 is 1.15 bits per heavy atom. The molecule has 0 unspecified atom stereocenters. The second kappa shape index (κ2) is 8.38. The minimum absolute atomic E-state index is 0.122. The van der Waals surface area contributed by atoms with Gasteiger partial charge in [0.2, 0.25) is 5.91 Å². The van der Waals surface area contributed by atoms with Gasteiger partial charge in [-0.05, 0) is 61.9 Å². The van der Waals surface area contributed by atoms with Gasteiger partial charge in [0.05, 0.1) is 12.0 Å². The lowest BCUT2D eigenvalue weighted by Gasteiger charge is -2.19. The molecule has 0 atom stereocenters. The van der Waals surface area contributed by atoms with Crippen LogP contribution in [0.15, 0.2) is 47.8 Å². The summed E-state index contributed by atoms with van der Waals surface area (Å²) in [6, 6.07) is 9.39. The molecule has 6 heteroatoms. The van der Waals surface area contributed by atoms with Gasteiger partial charge in [0, 0.05) is 23.8 Å².